The summed E-state index contributed by atoms with van der Waals surface area (Å²) >= 11 is 0. The Labute approximate surface area is 245 Å². The first kappa shape index (κ1) is 32.0. The van der Waals surface area contributed by atoms with E-state index in [1.807, 2.05) is 0 Å². The van der Waals surface area contributed by atoms with Crippen LogP contribution in [0.4, 0.5) is 17.6 Å². The van der Waals surface area contributed by atoms with Gasteiger partial charge in [0.1, 0.15) is 30.5 Å². The van der Waals surface area contributed by atoms with Crippen molar-refractivity contribution in [1.82, 2.24) is 10.3 Å². The molecular formula is C30H33F4N3O6. The highest BCUT2D eigenvalue weighted by Gasteiger charge is 2.56. The fraction of sp³-hybridized carbons (Fsp3) is 0.400. The van der Waals surface area contributed by atoms with Gasteiger partial charge in [-0.3, -0.25) is 4.79 Å². The van der Waals surface area contributed by atoms with Crippen LogP contribution in [0.5, 0.6) is 17.2 Å². The lowest BCUT2D eigenvalue weighted by Gasteiger charge is -2.31. The molecule has 1 unspecified atom stereocenters. The zero-order valence-electron chi connectivity index (χ0n) is 23.4. The Bertz CT molecular complexity index is 1420. The Kier molecular flexibility index (Phi) is 10.1. The lowest BCUT2D eigenvalue weighted by atomic mass is 9.94. The van der Waals surface area contributed by atoms with E-state index >= 15 is 0 Å². The number of aliphatic hydroxyl groups excluding tert-OH is 1. The molecule has 3 aromatic rings. The van der Waals surface area contributed by atoms with E-state index < -0.39 is 35.7 Å². The lowest BCUT2D eigenvalue weighted by Crippen LogP contribution is -2.51. The molecule has 0 aliphatic heterocycles. The number of amides is 1. The number of carbonyl (C=O) groups is 1. The van der Waals surface area contributed by atoms with Gasteiger partial charge in [-0.15, -0.1) is 0 Å². The molecule has 2 aromatic carbocycles. The molecule has 0 spiro atoms. The van der Waals surface area contributed by atoms with E-state index in [0.717, 1.165) is 31.0 Å². The minimum Gasteiger partial charge on any atom is -0.490 e. The van der Waals surface area contributed by atoms with Crippen molar-refractivity contribution >= 4 is 5.91 Å². The molecule has 5 N–H and O–H groups in total. The summed E-state index contributed by atoms with van der Waals surface area (Å²) in [4.78, 5) is 17.2. The van der Waals surface area contributed by atoms with Gasteiger partial charge in [0.25, 0.3) is 5.91 Å². The molecule has 1 aliphatic carbocycles. The average molecular weight is 608 g/mol. The Hall–Kier alpha value is -3.94. The second kappa shape index (κ2) is 13.6. The molecule has 1 atom stereocenters. The van der Waals surface area contributed by atoms with Crippen LogP contribution in [0.1, 0.15) is 41.4 Å². The van der Waals surface area contributed by atoms with Crippen LogP contribution in [-0.4, -0.2) is 66.3 Å². The van der Waals surface area contributed by atoms with E-state index in [1.165, 1.54) is 30.3 Å². The first-order valence-electron chi connectivity index (χ1n) is 13.8. The maximum absolute atomic E-state index is 14.6. The summed E-state index contributed by atoms with van der Waals surface area (Å²) in [6.07, 6.45) is -3.35. The molecule has 1 aliphatic rings. The number of carbonyl (C=O) groups excluding carboxylic acids is 1. The predicted molar refractivity (Wildman–Crippen MR) is 149 cm³/mol. The SMILES string of the molecule is CCc1cc(C(O)(CNC(=O)c2ccc(OC3CC3)c(OCCO)c2)C(F)(F)F)nc(-c2ccc(F)cc2)c1OCCN. The third-order valence-electron chi connectivity index (χ3n) is 6.68. The normalized spacial score (nSPS) is 14.6. The Balaban J connectivity index is 1.68. The second-order valence-corrected chi connectivity index (χ2v) is 9.93. The number of aliphatic hydroxyl groups is 2. The summed E-state index contributed by atoms with van der Waals surface area (Å²) in [5, 5.41) is 22.4. The predicted octanol–water partition coefficient (Wildman–Crippen LogP) is 3.88. The topological polar surface area (TPSA) is 136 Å². The number of halogens is 4. The third-order valence-corrected chi connectivity index (χ3v) is 6.68. The summed E-state index contributed by atoms with van der Waals surface area (Å²) < 4.78 is 74.2. The van der Waals surface area contributed by atoms with Crippen molar-refractivity contribution in [2.24, 2.45) is 5.73 Å². The number of alkyl halides is 3. The largest absolute Gasteiger partial charge is 0.490 e. The van der Waals surface area contributed by atoms with Gasteiger partial charge in [0, 0.05) is 17.7 Å². The number of nitrogens with two attached hydrogens (primary N) is 1. The summed E-state index contributed by atoms with van der Waals surface area (Å²) in [7, 11) is 0. The fourth-order valence-electron chi connectivity index (χ4n) is 4.21. The van der Waals surface area contributed by atoms with Crippen molar-refractivity contribution in [2.75, 3.05) is 32.9 Å². The van der Waals surface area contributed by atoms with Gasteiger partial charge in [0.2, 0.25) is 5.60 Å². The number of aromatic nitrogens is 1. The monoisotopic (exact) mass is 607 g/mol. The van der Waals surface area contributed by atoms with Crippen molar-refractivity contribution in [2.45, 2.75) is 44.1 Å². The van der Waals surface area contributed by atoms with Gasteiger partial charge in [-0.25, -0.2) is 9.37 Å². The molecule has 1 fully saturated rings. The van der Waals surface area contributed by atoms with Crippen LogP contribution in [0.15, 0.2) is 48.5 Å². The molecule has 13 heteroatoms. The Morgan fingerprint density at radius 3 is 2.40 bits per heavy atom. The molecule has 1 saturated carbocycles. The Morgan fingerprint density at radius 1 is 1.07 bits per heavy atom. The number of rotatable bonds is 14. The first-order chi connectivity index (χ1) is 20.5. The summed E-state index contributed by atoms with van der Waals surface area (Å²) in [6, 6.07) is 10.1. The number of ether oxygens (including phenoxy) is 3. The van der Waals surface area contributed by atoms with Crippen LogP contribution in [-0.2, 0) is 12.0 Å². The number of benzene rings is 2. The summed E-state index contributed by atoms with van der Waals surface area (Å²) in [5.74, 6) is -0.855. The highest BCUT2D eigenvalue weighted by molar-refractivity contribution is 5.95. The van der Waals surface area contributed by atoms with Crippen LogP contribution >= 0.6 is 0 Å². The lowest BCUT2D eigenvalue weighted by molar-refractivity contribution is -0.265. The van der Waals surface area contributed by atoms with Crippen LogP contribution in [0, 0.1) is 5.82 Å². The second-order valence-electron chi connectivity index (χ2n) is 9.93. The number of hydrogen-bond acceptors (Lipinski definition) is 8. The number of aryl methyl sites for hydroxylation is 1. The van der Waals surface area contributed by atoms with Crippen molar-refractivity contribution in [3.8, 4) is 28.5 Å². The summed E-state index contributed by atoms with van der Waals surface area (Å²) in [5.41, 5.74) is 1.62. The highest BCUT2D eigenvalue weighted by Crippen LogP contribution is 2.42. The molecule has 4 rings (SSSR count). The molecule has 0 bridgehead atoms. The van der Waals surface area contributed by atoms with E-state index in [0.29, 0.717) is 11.3 Å². The van der Waals surface area contributed by atoms with Crippen molar-refractivity contribution in [3.05, 3.63) is 71.2 Å². The van der Waals surface area contributed by atoms with Crippen molar-refractivity contribution in [3.63, 3.8) is 0 Å². The van der Waals surface area contributed by atoms with Crippen LogP contribution in [0.3, 0.4) is 0 Å². The van der Waals surface area contributed by atoms with E-state index in [1.54, 1.807) is 6.92 Å². The van der Waals surface area contributed by atoms with Gasteiger partial charge in [0.05, 0.1) is 24.9 Å². The van der Waals surface area contributed by atoms with Crippen LogP contribution in [0.25, 0.3) is 11.3 Å². The van der Waals surface area contributed by atoms with Crippen molar-refractivity contribution in [1.29, 1.82) is 0 Å². The number of nitrogens with zero attached hydrogens (tertiary/aromatic N) is 1. The van der Waals surface area contributed by atoms with E-state index in [9.17, 15) is 27.5 Å². The highest BCUT2D eigenvalue weighted by atomic mass is 19.4. The van der Waals surface area contributed by atoms with E-state index in [-0.39, 0.29) is 67.2 Å². The van der Waals surface area contributed by atoms with Crippen LogP contribution in [0.2, 0.25) is 0 Å². The maximum Gasteiger partial charge on any atom is 0.424 e. The van der Waals surface area contributed by atoms with Gasteiger partial charge in [0.15, 0.2) is 11.5 Å². The molecule has 0 radical (unpaired) electrons. The molecule has 9 nitrogen and oxygen atoms in total. The molecule has 43 heavy (non-hydrogen) atoms. The summed E-state index contributed by atoms with van der Waals surface area (Å²) in [6.45, 7) is 0.172. The third kappa shape index (κ3) is 7.53. The standard InChI is InChI=1S/C30H33F4N3O6/c1-2-18-16-25(37-26(27(18)42-13-11-35)19-3-6-21(31)7-4-19)29(40,30(32,33)34)17-36-28(39)20-5-10-23(43-22-8-9-22)24(15-20)41-14-12-38/h3-7,10,15-16,22,38,40H,2,8-9,11-14,17,35H2,1H3,(H,36,39). The first-order valence-corrected chi connectivity index (χ1v) is 13.8. The number of hydrogen-bond donors (Lipinski definition) is 4. The van der Waals surface area contributed by atoms with Crippen LogP contribution < -0.4 is 25.3 Å². The minimum atomic E-state index is -5.27. The van der Waals surface area contributed by atoms with E-state index in [2.05, 4.69) is 10.3 Å². The van der Waals surface area contributed by atoms with Gasteiger partial charge < -0.3 is 35.5 Å². The molecule has 232 valence electrons. The smallest absolute Gasteiger partial charge is 0.424 e. The molecule has 1 aromatic heterocycles. The zero-order chi connectivity index (χ0) is 31.2. The maximum atomic E-state index is 14.6. The van der Waals surface area contributed by atoms with Gasteiger partial charge in [-0.1, -0.05) is 6.92 Å². The molecule has 0 saturated heterocycles. The average Bonchev–Trinajstić information content (AvgIpc) is 3.81. The zero-order valence-corrected chi connectivity index (χ0v) is 23.4. The van der Waals surface area contributed by atoms with Gasteiger partial charge >= 0.3 is 6.18 Å². The Morgan fingerprint density at radius 2 is 1.79 bits per heavy atom. The fourth-order valence-corrected chi connectivity index (χ4v) is 4.21. The van der Waals surface area contributed by atoms with Crippen molar-refractivity contribution < 1.29 is 46.8 Å². The van der Waals surface area contributed by atoms with E-state index in [4.69, 9.17) is 25.1 Å². The number of nitrogens with one attached hydrogen (secondary N) is 1. The molecular weight excluding hydrogens is 574 g/mol. The quantitative estimate of drug-likeness (QED) is 0.203. The molecule has 1 amide bonds. The van der Waals surface area contributed by atoms with Gasteiger partial charge in [-0.05, 0) is 73.4 Å². The molecule has 1 heterocycles. The minimum absolute atomic E-state index is 0.00495. The number of pyridine rings is 1. The van der Waals surface area contributed by atoms with Gasteiger partial charge in [-0.2, -0.15) is 13.2 Å².